The largest absolute Gasteiger partial charge is 0.478 e. The molecule has 282 valence electrons. The van der Waals surface area contributed by atoms with Gasteiger partial charge in [-0.2, -0.15) is 0 Å². The van der Waals surface area contributed by atoms with Crippen molar-refractivity contribution in [3.05, 3.63) is 12.7 Å². The number of rotatable bonds is 1. The van der Waals surface area contributed by atoms with Gasteiger partial charge >= 0.3 is 11.9 Å². The predicted molar refractivity (Wildman–Crippen MR) is 202 cm³/mol. The van der Waals surface area contributed by atoms with Gasteiger partial charge in [0.15, 0.2) is 0 Å². The third-order valence-corrected chi connectivity index (χ3v) is 8.96. The van der Waals surface area contributed by atoms with E-state index in [1.807, 2.05) is 0 Å². The lowest BCUT2D eigenvalue weighted by Gasteiger charge is -2.05. The number of aliphatic carboxylic acids is 1. The van der Waals surface area contributed by atoms with Gasteiger partial charge in [0, 0.05) is 26.7 Å². The highest BCUT2D eigenvalue weighted by Gasteiger charge is 2.05. The van der Waals surface area contributed by atoms with Crippen molar-refractivity contribution in [2.45, 2.75) is 218 Å². The van der Waals surface area contributed by atoms with Crippen LogP contribution in [0.4, 0.5) is 0 Å². The van der Waals surface area contributed by atoms with E-state index in [1.165, 1.54) is 193 Å². The lowest BCUT2D eigenvalue weighted by Crippen LogP contribution is -2.00. The summed E-state index contributed by atoms with van der Waals surface area (Å²) in [5, 5.41) is 21.6. The van der Waals surface area contributed by atoms with E-state index in [-0.39, 0.29) is 5.97 Å². The maximum atomic E-state index is 10.5. The number of cyclic esters (lactones) is 1. The minimum atomic E-state index is -0.981. The minimum absolute atomic E-state index is 0.0255. The summed E-state index contributed by atoms with van der Waals surface area (Å²) in [6, 6.07) is 0. The van der Waals surface area contributed by atoms with Crippen molar-refractivity contribution >= 4 is 11.9 Å². The Morgan fingerprint density at radius 2 is 0.617 bits per heavy atom. The second-order valence-corrected chi connectivity index (χ2v) is 13.2. The highest BCUT2D eigenvalue weighted by atomic mass is 16.5. The molecule has 6 nitrogen and oxygen atoms in total. The molecule has 4 fully saturated rings. The summed E-state index contributed by atoms with van der Waals surface area (Å²) in [6.45, 7) is 3.60. The van der Waals surface area contributed by atoms with Crippen LogP contribution in [-0.4, -0.2) is 48.1 Å². The SMILES string of the molecule is C1CCCCCCCCC1.C1CCCCCCCCC1.C1CCCCCCCCC1.C=CC(=O)O.CO.CO.O=C1CCCCCO1. The fourth-order valence-corrected chi connectivity index (χ4v) is 6.11. The third-order valence-electron chi connectivity index (χ3n) is 8.96. The zero-order valence-electron chi connectivity index (χ0n) is 31.6. The summed E-state index contributed by atoms with van der Waals surface area (Å²) >= 11 is 0. The second-order valence-electron chi connectivity index (χ2n) is 13.2. The van der Waals surface area contributed by atoms with Gasteiger partial charge in [0.1, 0.15) is 0 Å². The summed E-state index contributed by atoms with van der Waals surface area (Å²) in [5.74, 6) is -1.01. The van der Waals surface area contributed by atoms with Gasteiger partial charge in [-0.3, -0.25) is 4.79 Å². The topological polar surface area (TPSA) is 104 Å². The lowest BCUT2D eigenvalue weighted by molar-refractivity contribution is -0.142. The van der Waals surface area contributed by atoms with Gasteiger partial charge in [0.2, 0.25) is 0 Å². The van der Waals surface area contributed by atoms with E-state index < -0.39 is 5.97 Å². The number of carboxylic acids is 1. The maximum Gasteiger partial charge on any atom is 0.327 e. The van der Waals surface area contributed by atoms with Crippen LogP contribution in [0.2, 0.25) is 0 Å². The monoisotopic (exact) mass is 671 g/mol. The number of hydrogen-bond donors (Lipinski definition) is 3. The zero-order valence-corrected chi connectivity index (χ0v) is 31.6. The highest BCUT2D eigenvalue weighted by Crippen LogP contribution is 2.17. The van der Waals surface area contributed by atoms with Crippen LogP contribution >= 0.6 is 0 Å². The van der Waals surface area contributed by atoms with Crippen LogP contribution in [-0.2, 0) is 14.3 Å². The van der Waals surface area contributed by atoms with Gasteiger partial charge in [-0.1, -0.05) is 199 Å². The van der Waals surface area contributed by atoms with Crippen molar-refractivity contribution in [1.29, 1.82) is 0 Å². The molecule has 1 saturated heterocycles. The Morgan fingerprint density at radius 1 is 0.447 bits per heavy atom. The summed E-state index contributed by atoms with van der Waals surface area (Å²) in [5.41, 5.74) is 0. The van der Waals surface area contributed by atoms with E-state index in [2.05, 4.69) is 6.58 Å². The van der Waals surface area contributed by atoms with E-state index in [4.69, 9.17) is 20.1 Å². The molecule has 1 heterocycles. The Labute approximate surface area is 292 Å². The minimum Gasteiger partial charge on any atom is -0.478 e. The van der Waals surface area contributed by atoms with Gasteiger partial charge in [-0.25, -0.2) is 4.79 Å². The van der Waals surface area contributed by atoms with Gasteiger partial charge in [-0.15, -0.1) is 0 Å². The Kier molecular flexibility index (Phi) is 52.1. The molecule has 0 bridgehead atoms. The van der Waals surface area contributed by atoms with E-state index >= 15 is 0 Å². The number of esters is 1. The van der Waals surface area contributed by atoms with Gasteiger partial charge in [-0.05, 0) is 19.3 Å². The predicted octanol–water partition coefficient (Wildman–Crippen LogP) is 12.3. The number of aliphatic hydroxyl groups is 2. The molecule has 6 heteroatoms. The Balaban J connectivity index is -0.000000508. The van der Waals surface area contributed by atoms with E-state index in [1.54, 1.807) is 0 Å². The standard InChI is InChI=1S/3C10H20.C6H10O2.C3H4O2.2CH4O/c3*1-2-4-6-8-10-9-7-5-3-1;7-6-4-2-1-3-5-8-6;1-2-3(4)5;2*1-2/h3*1-10H2;1-5H2;2H,1H2,(H,4,5);2*2H,1H3. The van der Waals surface area contributed by atoms with Crippen LogP contribution in [0.1, 0.15) is 218 Å². The average molecular weight is 671 g/mol. The summed E-state index contributed by atoms with van der Waals surface area (Å²) in [4.78, 5) is 19.7. The smallest absolute Gasteiger partial charge is 0.327 e. The molecule has 4 aliphatic rings. The van der Waals surface area contributed by atoms with Crippen LogP contribution in [0, 0.1) is 0 Å². The third kappa shape index (κ3) is 51.6. The van der Waals surface area contributed by atoms with Gasteiger partial charge in [0.25, 0.3) is 0 Å². The molecule has 1 aliphatic heterocycles. The molecular formula is C41H82O6. The molecule has 3 aliphatic carbocycles. The maximum absolute atomic E-state index is 10.5. The molecule has 0 aromatic carbocycles. The van der Waals surface area contributed by atoms with Crippen molar-refractivity contribution in [3.8, 4) is 0 Å². The van der Waals surface area contributed by atoms with Crippen LogP contribution in [0.5, 0.6) is 0 Å². The number of aliphatic hydroxyl groups excluding tert-OH is 2. The first kappa shape index (κ1) is 50.0. The molecule has 0 atom stereocenters. The van der Waals surface area contributed by atoms with Crippen molar-refractivity contribution in [2.24, 2.45) is 0 Å². The zero-order chi connectivity index (χ0) is 35.3. The van der Waals surface area contributed by atoms with Crippen LogP contribution < -0.4 is 0 Å². The Hall–Kier alpha value is -1.40. The molecule has 0 amide bonds. The van der Waals surface area contributed by atoms with Crippen LogP contribution in [0.25, 0.3) is 0 Å². The molecule has 4 rings (SSSR count). The number of carbonyl (C=O) groups is 2. The van der Waals surface area contributed by atoms with Crippen LogP contribution in [0.15, 0.2) is 12.7 Å². The lowest BCUT2D eigenvalue weighted by atomic mass is 10.0. The van der Waals surface area contributed by atoms with Crippen molar-refractivity contribution in [1.82, 2.24) is 0 Å². The molecule has 47 heavy (non-hydrogen) atoms. The van der Waals surface area contributed by atoms with Gasteiger partial charge in [0.05, 0.1) is 6.61 Å². The molecular weight excluding hydrogens is 588 g/mol. The fraction of sp³-hybridized carbons (Fsp3) is 0.902. The molecule has 0 spiro atoms. The molecule has 0 radical (unpaired) electrons. The number of hydrogen-bond acceptors (Lipinski definition) is 5. The number of ether oxygens (including phenoxy) is 1. The van der Waals surface area contributed by atoms with Crippen molar-refractivity contribution in [2.75, 3.05) is 20.8 Å². The van der Waals surface area contributed by atoms with E-state index in [0.717, 1.165) is 39.6 Å². The van der Waals surface area contributed by atoms with Gasteiger partial charge < -0.3 is 20.1 Å². The molecule has 0 aromatic heterocycles. The molecule has 3 saturated carbocycles. The normalized spacial score (nSPS) is 20.0. The van der Waals surface area contributed by atoms with E-state index in [0.29, 0.717) is 13.0 Å². The quantitative estimate of drug-likeness (QED) is 0.189. The molecule has 3 N–H and O–H groups in total. The number of carboxylic acid groups (broad SMARTS) is 1. The second kappa shape index (κ2) is 49.0. The first-order valence-corrected chi connectivity index (χ1v) is 20.1. The Morgan fingerprint density at radius 3 is 0.787 bits per heavy atom. The average Bonchev–Trinajstić information content (AvgIpc) is 3.39. The summed E-state index contributed by atoms with van der Waals surface area (Å²) < 4.78 is 4.76. The molecule has 0 unspecified atom stereocenters. The Bertz CT molecular complexity index is 437. The van der Waals surface area contributed by atoms with Crippen molar-refractivity contribution < 1.29 is 29.6 Å². The first-order chi connectivity index (χ1) is 23.2. The van der Waals surface area contributed by atoms with Crippen LogP contribution in [0.3, 0.4) is 0 Å². The summed E-state index contributed by atoms with van der Waals surface area (Å²) in [7, 11) is 2.00. The number of carbonyl (C=O) groups excluding carboxylic acids is 1. The molecule has 0 aromatic rings. The summed E-state index contributed by atoms with van der Waals surface area (Å²) in [6.07, 6.45) is 49.7. The van der Waals surface area contributed by atoms with Crippen molar-refractivity contribution in [3.63, 3.8) is 0 Å². The first-order valence-electron chi connectivity index (χ1n) is 20.1. The van der Waals surface area contributed by atoms with E-state index in [9.17, 15) is 9.59 Å². The highest BCUT2D eigenvalue weighted by molar-refractivity contribution is 5.78. The fourth-order valence-electron chi connectivity index (χ4n) is 6.11.